The molecule has 138 valence electrons. The quantitative estimate of drug-likeness (QED) is 0.540. The topological polar surface area (TPSA) is 68.0 Å². The van der Waals surface area contributed by atoms with Gasteiger partial charge in [-0.3, -0.25) is 4.79 Å². The molecule has 1 heterocycles. The van der Waals surface area contributed by atoms with Crippen LogP contribution < -0.4 is 5.32 Å². The summed E-state index contributed by atoms with van der Waals surface area (Å²) in [5.41, 5.74) is 3.46. The highest BCUT2D eigenvalue weighted by Gasteiger charge is 2.13. The summed E-state index contributed by atoms with van der Waals surface area (Å²) in [5.74, 6) is 0.0774. The number of aromatic nitrogens is 2. The van der Waals surface area contributed by atoms with Gasteiger partial charge >= 0.3 is 0 Å². The van der Waals surface area contributed by atoms with Gasteiger partial charge in [0.15, 0.2) is 0 Å². The molecule has 0 aliphatic heterocycles. The first kappa shape index (κ1) is 17.6. The summed E-state index contributed by atoms with van der Waals surface area (Å²) < 4.78 is 19.0. The van der Waals surface area contributed by atoms with Crippen molar-refractivity contribution in [3.05, 3.63) is 89.7 Å². The van der Waals surface area contributed by atoms with E-state index in [2.05, 4.69) is 15.5 Å². The van der Waals surface area contributed by atoms with Gasteiger partial charge < -0.3 is 9.73 Å². The van der Waals surface area contributed by atoms with Gasteiger partial charge in [0.2, 0.25) is 11.8 Å². The minimum absolute atomic E-state index is 0.330. The van der Waals surface area contributed by atoms with Crippen molar-refractivity contribution in [3.8, 4) is 22.9 Å². The van der Waals surface area contributed by atoms with Crippen LogP contribution in [0.4, 0.5) is 10.1 Å². The summed E-state index contributed by atoms with van der Waals surface area (Å²) in [6, 6.07) is 20.3. The zero-order valence-electron chi connectivity index (χ0n) is 15.0. The molecular formula is C22H16FN3O2. The molecule has 0 saturated carbocycles. The Labute approximate surface area is 160 Å². The average Bonchev–Trinajstić information content (AvgIpc) is 3.18. The minimum Gasteiger partial charge on any atom is -0.416 e. The number of anilines is 1. The van der Waals surface area contributed by atoms with Crippen molar-refractivity contribution in [2.75, 3.05) is 5.32 Å². The van der Waals surface area contributed by atoms with Gasteiger partial charge in [-0.1, -0.05) is 24.3 Å². The van der Waals surface area contributed by atoms with Crippen molar-refractivity contribution in [2.24, 2.45) is 0 Å². The molecule has 0 fully saturated rings. The van der Waals surface area contributed by atoms with E-state index in [1.54, 1.807) is 30.3 Å². The fourth-order valence-corrected chi connectivity index (χ4v) is 2.80. The highest BCUT2D eigenvalue weighted by molar-refractivity contribution is 6.04. The number of hydrogen-bond donors (Lipinski definition) is 1. The van der Waals surface area contributed by atoms with Gasteiger partial charge in [0, 0.05) is 22.4 Å². The lowest BCUT2D eigenvalue weighted by Crippen LogP contribution is -2.11. The van der Waals surface area contributed by atoms with Crippen LogP contribution in [0, 0.1) is 12.7 Å². The van der Waals surface area contributed by atoms with Crippen molar-refractivity contribution >= 4 is 11.6 Å². The number of benzene rings is 3. The highest BCUT2D eigenvalue weighted by Crippen LogP contribution is 2.26. The maximum absolute atomic E-state index is 13.2. The third-order valence-corrected chi connectivity index (χ3v) is 4.28. The van der Waals surface area contributed by atoms with Crippen LogP contribution in [-0.2, 0) is 0 Å². The maximum Gasteiger partial charge on any atom is 0.255 e. The van der Waals surface area contributed by atoms with E-state index in [-0.39, 0.29) is 5.91 Å². The SMILES string of the molecule is Cc1ccccc1-c1nnc(-c2ccc(C(=O)Nc3cccc(F)c3)cc2)o1. The Morgan fingerprint density at radius 1 is 0.929 bits per heavy atom. The summed E-state index contributed by atoms with van der Waals surface area (Å²) >= 11 is 0. The van der Waals surface area contributed by atoms with Crippen molar-refractivity contribution in [1.82, 2.24) is 10.2 Å². The minimum atomic E-state index is -0.408. The highest BCUT2D eigenvalue weighted by atomic mass is 19.1. The average molecular weight is 373 g/mol. The fourth-order valence-electron chi connectivity index (χ4n) is 2.80. The molecule has 0 aliphatic carbocycles. The molecule has 4 rings (SSSR count). The lowest BCUT2D eigenvalue weighted by Gasteiger charge is -2.05. The normalized spacial score (nSPS) is 10.6. The number of halogens is 1. The van der Waals surface area contributed by atoms with Crippen molar-refractivity contribution in [3.63, 3.8) is 0 Å². The van der Waals surface area contributed by atoms with Crippen LogP contribution in [0.2, 0.25) is 0 Å². The second kappa shape index (κ2) is 7.44. The standard InChI is InChI=1S/C22H16FN3O2/c1-14-5-2-3-8-19(14)22-26-25-21(28-22)16-11-9-15(10-12-16)20(27)24-18-7-4-6-17(23)13-18/h2-13H,1H3,(H,24,27). The summed E-state index contributed by atoms with van der Waals surface area (Å²) in [4.78, 5) is 12.3. The predicted octanol–water partition coefficient (Wildman–Crippen LogP) is 5.10. The molecule has 1 amide bonds. The molecule has 6 heteroatoms. The van der Waals surface area contributed by atoms with E-state index >= 15 is 0 Å². The van der Waals surface area contributed by atoms with Crippen LogP contribution in [0.1, 0.15) is 15.9 Å². The van der Waals surface area contributed by atoms with Crippen molar-refractivity contribution < 1.29 is 13.6 Å². The summed E-state index contributed by atoms with van der Waals surface area (Å²) in [5, 5.41) is 10.9. The van der Waals surface area contributed by atoms with E-state index in [1.165, 1.54) is 18.2 Å². The Hall–Kier alpha value is -3.80. The number of hydrogen-bond acceptors (Lipinski definition) is 4. The second-order valence-corrected chi connectivity index (χ2v) is 6.27. The number of carbonyl (C=O) groups is 1. The van der Waals surface area contributed by atoms with Gasteiger partial charge in [0.05, 0.1) is 0 Å². The molecule has 0 saturated heterocycles. The largest absolute Gasteiger partial charge is 0.416 e. The van der Waals surface area contributed by atoms with Crippen LogP contribution in [0.5, 0.6) is 0 Å². The fraction of sp³-hybridized carbons (Fsp3) is 0.0455. The third-order valence-electron chi connectivity index (χ3n) is 4.28. The Morgan fingerprint density at radius 3 is 2.43 bits per heavy atom. The lowest BCUT2D eigenvalue weighted by molar-refractivity contribution is 0.102. The zero-order valence-corrected chi connectivity index (χ0v) is 15.0. The van der Waals surface area contributed by atoms with Crippen molar-refractivity contribution in [1.29, 1.82) is 0 Å². The Balaban J connectivity index is 1.52. The van der Waals surface area contributed by atoms with Gasteiger partial charge in [-0.25, -0.2) is 4.39 Å². The monoisotopic (exact) mass is 373 g/mol. The number of amides is 1. The smallest absolute Gasteiger partial charge is 0.255 e. The van der Waals surface area contributed by atoms with Crippen molar-refractivity contribution in [2.45, 2.75) is 6.92 Å². The Morgan fingerprint density at radius 2 is 1.68 bits per heavy atom. The maximum atomic E-state index is 13.2. The van der Waals surface area contributed by atoms with Gasteiger partial charge in [0.25, 0.3) is 5.91 Å². The first-order valence-electron chi connectivity index (χ1n) is 8.67. The molecule has 1 aromatic heterocycles. The Bertz CT molecular complexity index is 1140. The van der Waals surface area contributed by atoms with Gasteiger partial charge in [-0.2, -0.15) is 0 Å². The molecule has 0 spiro atoms. The summed E-state index contributed by atoms with van der Waals surface area (Å²) in [6.45, 7) is 1.98. The van der Waals surface area contributed by atoms with E-state index in [0.29, 0.717) is 28.6 Å². The van der Waals surface area contributed by atoms with E-state index < -0.39 is 5.82 Å². The van der Waals surface area contributed by atoms with Crippen LogP contribution >= 0.6 is 0 Å². The van der Waals surface area contributed by atoms with E-state index in [0.717, 1.165) is 11.1 Å². The molecule has 0 radical (unpaired) electrons. The predicted molar refractivity (Wildman–Crippen MR) is 104 cm³/mol. The molecule has 1 N–H and O–H groups in total. The lowest BCUT2D eigenvalue weighted by atomic mass is 10.1. The molecule has 0 bridgehead atoms. The number of rotatable bonds is 4. The first-order valence-corrected chi connectivity index (χ1v) is 8.67. The van der Waals surface area contributed by atoms with E-state index in [9.17, 15) is 9.18 Å². The summed E-state index contributed by atoms with van der Waals surface area (Å²) in [6.07, 6.45) is 0. The van der Waals surface area contributed by atoms with Crippen LogP contribution in [0.15, 0.2) is 77.2 Å². The van der Waals surface area contributed by atoms with Crippen LogP contribution in [0.3, 0.4) is 0 Å². The zero-order chi connectivity index (χ0) is 19.5. The molecule has 3 aromatic carbocycles. The molecule has 0 aliphatic rings. The molecule has 5 nitrogen and oxygen atoms in total. The number of nitrogens with one attached hydrogen (secondary N) is 1. The molecule has 0 unspecified atom stereocenters. The molecular weight excluding hydrogens is 357 g/mol. The molecule has 28 heavy (non-hydrogen) atoms. The number of carbonyl (C=O) groups excluding carboxylic acids is 1. The first-order chi connectivity index (χ1) is 13.6. The second-order valence-electron chi connectivity index (χ2n) is 6.27. The Kier molecular flexibility index (Phi) is 4.68. The van der Waals surface area contributed by atoms with Crippen LogP contribution in [-0.4, -0.2) is 16.1 Å². The summed E-state index contributed by atoms with van der Waals surface area (Å²) in [7, 11) is 0. The van der Waals surface area contributed by atoms with Crippen LogP contribution in [0.25, 0.3) is 22.9 Å². The van der Waals surface area contributed by atoms with E-state index in [4.69, 9.17) is 4.42 Å². The van der Waals surface area contributed by atoms with Gasteiger partial charge in [0.1, 0.15) is 5.82 Å². The number of nitrogens with zero attached hydrogens (tertiary/aromatic N) is 2. The third kappa shape index (κ3) is 3.66. The van der Waals surface area contributed by atoms with Gasteiger partial charge in [-0.15, -0.1) is 10.2 Å². The molecule has 4 aromatic rings. The molecule has 0 atom stereocenters. The van der Waals surface area contributed by atoms with E-state index in [1.807, 2.05) is 31.2 Å². The number of aryl methyl sites for hydroxylation is 1. The van der Waals surface area contributed by atoms with Gasteiger partial charge in [-0.05, 0) is 61.0 Å².